The first-order valence-corrected chi connectivity index (χ1v) is 8.20. The molecule has 0 N–H and O–H groups in total. The molecule has 0 radical (unpaired) electrons. The predicted molar refractivity (Wildman–Crippen MR) is 91.4 cm³/mol. The van der Waals surface area contributed by atoms with Gasteiger partial charge in [0.1, 0.15) is 11.3 Å². The zero-order chi connectivity index (χ0) is 20.3. The van der Waals surface area contributed by atoms with Crippen molar-refractivity contribution in [2.24, 2.45) is 0 Å². The maximum Gasteiger partial charge on any atom is 0.416 e. The Bertz CT molecular complexity index is 984. The van der Waals surface area contributed by atoms with Crippen LogP contribution in [0.5, 0.6) is 11.6 Å². The van der Waals surface area contributed by atoms with Crippen molar-refractivity contribution in [3.63, 3.8) is 0 Å². The molecule has 0 saturated heterocycles. The summed E-state index contributed by atoms with van der Waals surface area (Å²) in [6.45, 7) is 3.62. The Morgan fingerprint density at radius 1 is 1.18 bits per heavy atom. The molecule has 28 heavy (non-hydrogen) atoms. The van der Waals surface area contributed by atoms with E-state index in [9.17, 15) is 18.0 Å². The highest BCUT2D eigenvalue weighted by Gasteiger charge is 2.30. The van der Waals surface area contributed by atoms with Crippen molar-refractivity contribution >= 4 is 5.97 Å². The maximum absolute atomic E-state index is 12.8. The van der Waals surface area contributed by atoms with Crippen LogP contribution in [0, 0.1) is 6.92 Å². The summed E-state index contributed by atoms with van der Waals surface area (Å²) in [7, 11) is 0. The number of carbonyl (C=O) groups excluding carboxylic acids is 1. The molecular formula is C18H15F3N4O3. The third-order valence-electron chi connectivity index (χ3n) is 3.73. The van der Waals surface area contributed by atoms with Crippen molar-refractivity contribution < 1.29 is 27.4 Å². The van der Waals surface area contributed by atoms with Gasteiger partial charge in [0.2, 0.25) is 5.88 Å². The number of esters is 1. The van der Waals surface area contributed by atoms with Crippen LogP contribution in [0.3, 0.4) is 0 Å². The van der Waals surface area contributed by atoms with Gasteiger partial charge in [-0.25, -0.2) is 9.48 Å². The first-order valence-electron chi connectivity index (χ1n) is 8.20. The number of carbonyl (C=O) groups is 1. The van der Waals surface area contributed by atoms with E-state index in [1.165, 1.54) is 35.1 Å². The fraction of sp³-hybridized carbons (Fsp3) is 0.222. The minimum Gasteiger partial charge on any atom is -0.462 e. The van der Waals surface area contributed by atoms with Crippen molar-refractivity contribution in [2.45, 2.75) is 20.0 Å². The van der Waals surface area contributed by atoms with Crippen LogP contribution in [-0.2, 0) is 10.9 Å². The molecule has 0 atom stereocenters. The summed E-state index contributed by atoms with van der Waals surface area (Å²) in [5.74, 6) is -0.191. The molecule has 7 nitrogen and oxygen atoms in total. The van der Waals surface area contributed by atoms with Gasteiger partial charge < -0.3 is 9.47 Å². The summed E-state index contributed by atoms with van der Waals surface area (Å²) >= 11 is 0. The summed E-state index contributed by atoms with van der Waals surface area (Å²) < 4.78 is 50.0. The summed E-state index contributed by atoms with van der Waals surface area (Å²) in [6, 6.07) is 7.40. The SMILES string of the molecule is CCOC(=O)c1cnn(-c2ccc(Oc3cccc(C(F)(F)F)c3)nn2)c1C. The molecule has 0 amide bonds. The normalized spacial score (nSPS) is 11.3. The van der Waals surface area contributed by atoms with Gasteiger partial charge in [0, 0.05) is 6.07 Å². The van der Waals surface area contributed by atoms with Crippen molar-refractivity contribution in [2.75, 3.05) is 6.61 Å². The van der Waals surface area contributed by atoms with Gasteiger partial charge in [0.05, 0.1) is 24.1 Å². The van der Waals surface area contributed by atoms with Crippen LogP contribution in [0.2, 0.25) is 0 Å². The maximum atomic E-state index is 12.8. The fourth-order valence-corrected chi connectivity index (χ4v) is 2.39. The zero-order valence-corrected chi connectivity index (χ0v) is 14.9. The van der Waals surface area contributed by atoms with Crippen LogP contribution < -0.4 is 4.74 Å². The van der Waals surface area contributed by atoms with Crippen molar-refractivity contribution in [3.05, 3.63) is 59.4 Å². The van der Waals surface area contributed by atoms with Gasteiger partial charge in [-0.3, -0.25) is 0 Å². The smallest absolute Gasteiger partial charge is 0.416 e. The fourth-order valence-electron chi connectivity index (χ4n) is 2.39. The van der Waals surface area contributed by atoms with Gasteiger partial charge in [-0.05, 0) is 38.1 Å². The van der Waals surface area contributed by atoms with E-state index in [4.69, 9.17) is 9.47 Å². The Kier molecular flexibility index (Phi) is 5.30. The first-order chi connectivity index (χ1) is 13.3. The van der Waals surface area contributed by atoms with E-state index in [-0.39, 0.29) is 18.2 Å². The van der Waals surface area contributed by atoms with Crippen LogP contribution in [0.1, 0.15) is 28.5 Å². The van der Waals surface area contributed by atoms with E-state index in [1.807, 2.05) is 0 Å². The summed E-state index contributed by atoms with van der Waals surface area (Å²) in [4.78, 5) is 11.9. The van der Waals surface area contributed by atoms with Crippen LogP contribution >= 0.6 is 0 Å². The number of rotatable bonds is 5. The highest BCUT2D eigenvalue weighted by molar-refractivity contribution is 5.90. The highest BCUT2D eigenvalue weighted by Crippen LogP contribution is 2.32. The molecule has 2 heterocycles. The first kappa shape index (κ1) is 19.3. The quantitative estimate of drug-likeness (QED) is 0.612. The average molecular weight is 392 g/mol. The Labute approximate surface area is 157 Å². The molecule has 3 rings (SSSR count). The van der Waals surface area contributed by atoms with E-state index < -0.39 is 17.7 Å². The largest absolute Gasteiger partial charge is 0.462 e. The number of ether oxygens (including phenoxy) is 2. The van der Waals surface area contributed by atoms with Gasteiger partial charge >= 0.3 is 12.1 Å². The third-order valence-corrected chi connectivity index (χ3v) is 3.73. The van der Waals surface area contributed by atoms with E-state index in [0.29, 0.717) is 17.1 Å². The lowest BCUT2D eigenvalue weighted by Crippen LogP contribution is -2.08. The van der Waals surface area contributed by atoms with E-state index in [2.05, 4.69) is 15.3 Å². The minimum absolute atomic E-state index is 0.0125. The summed E-state index contributed by atoms with van der Waals surface area (Å²) in [5, 5.41) is 11.9. The number of halogens is 3. The molecule has 3 aromatic rings. The number of aromatic nitrogens is 4. The lowest BCUT2D eigenvalue weighted by molar-refractivity contribution is -0.137. The lowest BCUT2D eigenvalue weighted by Gasteiger charge is -2.09. The van der Waals surface area contributed by atoms with E-state index in [1.54, 1.807) is 13.8 Å². The molecule has 0 aliphatic rings. The van der Waals surface area contributed by atoms with Crippen molar-refractivity contribution in [1.82, 2.24) is 20.0 Å². The molecule has 0 aliphatic carbocycles. The summed E-state index contributed by atoms with van der Waals surface area (Å²) in [6.07, 6.45) is -3.11. The number of alkyl halides is 3. The Morgan fingerprint density at radius 2 is 1.96 bits per heavy atom. The monoisotopic (exact) mass is 392 g/mol. The second-order valence-corrected chi connectivity index (χ2v) is 5.63. The molecular weight excluding hydrogens is 377 g/mol. The number of benzene rings is 1. The topological polar surface area (TPSA) is 79.1 Å². The van der Waals surface area contributed by atoms with Crippen LogP contribution in [-0.4, -0.2) is 32.6 Å². The van der Waals surface area contributed by atoms with Gasteiger partial charge in [-0.2, -0.15) is 18.3 Å². The molecule has 0 bridgehead atoms. The molecule has 10 heteroatoms. The van der Waals surface area contributed by atoms with Crippen LogP contribution in [0.4, 0.5) is 13.2 Å². The molecule has 0 unspecified atom stereocenters. The highest BCUT2D eigenvalue weighted by atomic mass is 19.4. The molecule has 2 aromatic heterocycles. The van der Waals surface area contributed by atoms with Gasteiger partial charge in [-0.15, -0.1) is 10.2 Å². The van der Waals surface area contributed by atoms with Gasteiger partial charge in [0.15, 0.2) is 5.82 Å². The zero-order valence-electron chi connectivity index (χ0n) is 14.9. The Hall–Kier alpha value is -3.43. The van der Waals surface area contributed by atoms with Crippen LogP contribution in [0.15, 0.2) is 42.6 Å². The average Bonchev–Trinajstić information content (AvgIpc) is 3.04. The second kappa shape index (κ2) is 7.67. The molecule has 0 aliphatic heterocycles. The molecule has 1 aromatic carbocycles. The number of nitrogens with zero attached hydrogens (tertiary/aromatic N) is 4. The van der Waals surface area contributed by atoms with Crippen LogP contribution in [0.25, 0.3) is 5.82 Å². The number of hydrogen-bond donors (Lipinski definition) is 0. The van der Waals surface area contributed by atoms with Gasteiger partial charge in [0.25, 0.3) is 0 Å². The van der Waals surface area contributed by atoms with E-state index >= 15 is 0 Å². The van der Waals surface area contributed by atoms with E-state index in [0.717, 1.165) is 12.1 Å². The lowest BCUT2D eigenvalue weighted by atomic mass is 10.2. The van der Waals surface area contributed by atoms with Gasteiger partial charge in [-0.1, -0.05) is 6.07 Å². The Balaban J connectivity index is 1.79. The third kappa shape index (κ3) is 4.11. The predicted octanol–water partition coefficient (Wildman–Crippen LogP) is 3.96. The van der Waals surface area contributed by atoms with Crippen molar-refractivity contribution in [3.8, 4) is 17.4 Å². The van der Waals surface area contributed by atoms with Crippen molar-refractivity contribution in [1.29, 1.82) is 0 Å². The standard InChI is InChI=1S/C18H15F3N4O3/c1-3-27-17(26)14-10-22-25(11(14)2)15-7-8-16(24-23-15)28-13-6-4-5-12(9-13)18(19,20)21/h4-10H,3H2,1-2H3. The Morgan fingerprint density at radius 3 is 2.61 bits per heavy atom. The second-order valence-electron chi connectivity index (χ2n) is 5.63. The summed E-state index contributed by atoms with van der Waals surface area (Å²) in [5.41, 5.74) is -0.0134. The molecule has 0 fully saturated rings. The number of hydrogen-bond acceptors (Lipinski definition) is 6. The molecule has 0 saturated carbocycles. The minimum atomic E-state index is -4.47. The molecule has 0 spiro atoms. The molecule has 146 valence electrons.